The van der Waals surface area contributed by atoms with Crippen molar-refractivity contribution in [3.05, 3.63) is 0 Å². The third-order valence-electron chi connectivity index (χ3n) is 3.40. The Kier molecular flexibility index (Phi) is 3.74. The molecular weight excluding hydrogens is 160 g/mol. The zero-order valence-electron chi connectivity index (χ0n) is 9.56. The first-order valence-corrected chi connectivity index (χ1v) is 5.42. The molecule has 2 nitrogen and oxygen atoms in total. The average molecular weight is 184 g/mol. The predicted octanol–water partition coefficient (Wildman–Crippen LogP) is 1.72. The summed E-state index contributed by atoms with van der Waals surface area (Å²) < 4.78 is 0. The first-order chi connectivity index (χ1) is 6.06. The topological polar surface area (TPSA) is 15.3 Å². The molecule has 0 aliphatic heterocycles. The van der Waals surface area contributed by atoms with E-state index < -0.39 is 0 Å². The van der Waals surface area contributed by atoms with Gasteiger partial charge >= 0.3 is 0 Å². The molecule has 0 amide bonds. The molecule has 78 valence electrons. The zero-order chi connectivity index (χ0) is 9.90. The van der Waals surface area contributed by atoms with E-state index in [2.05, 4.69) is 31.1 Å². The zero-order valence-corrected chi connectivity index (χ0v) is 9.56. The van der Waals surface area contributed by atoms with Gasteiger partial charge in [0.15, 0.2) is 0 Å². The summed E-state index contributed by atoms with van der Waals surface area (Å²) in [6.07, 6.45) is 4.34. The van der Waals surface area contributed by atoms with Gasteiger partial charge in [-0.05, 0) is 46.7 Å². The van der Waals surface area contributed by atoms with Gasteiger partial charge in [0.2, 0.25) is 0 Å². The molecular formula is C11H24N2. The summed E-state index contributed by atoms with van der Waals surface area (Å²) in [6.45, 7) is 6.95. The molecule has 0 aromatic rings. The van der Waals surface area contributed by atoms with Crippen LogP contribution < -0.4 is 5.32 Å². The molecule has 0 bridgehead atoms. The van der Waals surface area contributed by atoms with Crippen LogP contribution >= 0.6 is 0 Å². The first-order valence-electron chi connectivity index (χ1n) is 5.42. The quantitative estimate of drug-likeness (QED) is 0.700. The second-order valence-electron chi connectivity index (χ2n) is 5.02. The van der Waals surface area contributed by atoms with E-state index in [9.17, 15) is 0 Å². The molecule has 0 aromatic heterocycles. The van der Waals surface area contributed by atoms with Crippen molar-refractivity contribution >= 4 is 0 Å². The van der Waals surface area contributed by atoms with Crippen molar-refractivity contribution in [2.75, 3.05) is 27.2 Å². The molecule has 0 radical (unpaired) electrons. The van der Waals surface area contributed by atoms with Crippen molar-refractivity contribution in [1.82, 2.24) is 10.2 Å². The molecule has 0 atom stereocenters. The van der Waals surface area contributed by atoms with Gasteiger partial charge in [0.05, 0.1) is 0 Å². The number of nitrogens with one attached hydrogen (secondary N) is 1. The van der Waals surface area contributed by atoms with Crippen molar-refractivity contribution in [2.24, 2.45) is 5.92 Å². The summed E-state index contributed by atoms with van der Waals surface area (Å²) in [5, 5.41) is 3.26. The Morgan fingerprint density at radius 3 is 2.38 bits per heavy atom. The van der Waals surface area contributed by atoms with E-state index >= 15 is 0 Å². The molecule has 1 rings (SSSR count). The Bertz CT molecular complexity index is 150. The summed E-state index contributed by atoms with van der Waals surface area (Å²) in [5.41, 5.74) is 0.296. The SMILES string of the molecule is CNCC(C)(C)N(C)CC1CCC1. The van der Waals surface area contributed by atoms with E-state index in [0.29, 0.717) is 5.54 Å². The number of hydrogen-bond acceptors (Lipinski definition) is 2. The van der Waals surface area contributed by atoms with Crippen molar-refractivity contribution in [3.8, 4) is 0 Å². The van der Waals surface area contributed by atoms with Crippen LogP contribution in [0, 0.1) is 5.92 Å². The van der Waals surface area contributed by atoms with Crippen LogP contribution in [0.3, 0.4) is 0 Å². The van der Waals surface area contributed by atoms with Crippen LogP contribution in [0.2, 0.25) is 0 Å². The fourth-order valence-electron chi connectivity index (χ4n) is 1.88. The number of rotatable bonds is 5. The van der Waals surface area contributed by atoms with Crippen molar-refractivity contribution < 1.29 is 0 Å². The fourth-order valence-corrected chi connectivity index (χ4v) is 1.88. The summed E-state index contributed by atoms with van der Waals surface area (Å²) >= 11 is 0. The van der Waals surface area contributed by atoms with E-state index in [4.69, 9.17) is 0 Å². The van der Waals surface area contributed by atoms with E-state index in [1.54, 1.807) is 0 Å². The van der Waals surface area contributed by atoms with Gasteiger partial charge in [-0.2, -0.15) is 0 Å². The third kappa shape index (κ3) is 2.96. The van der Waals surface area contributed by atoms with E-state index in [1.807, 2.05) is 7.05 Å². The molecule has 0 aromatic carbocycles. The summed E-state index contributed by atoms with van der Waals surface area (Å²) in [4.78, 5) is 2.49. The average Bonchev–Trinajstić information content (AvgIpc) is 1.96. The van der Waals surface area contributed by atoms with Crippen molar-refractivity contribution in [1.29, 1.82) is 0 Å². The third-order valence-corrected chi connectivity index (χ3v) is 3.40. The van der Waals surface area contributed by atoms with E-state index in [-0.39, 0.29) is 0 Å². The molecule has 1 fully saturated rings. The minimum Gasteiger partial charge on any atom is -0.318 e. The highest BCUT2D eigenvalue weighted by Gasteiger charge is 2.27. The Balaban J connectivity index is 2.30. The van der Waals surface area contributed by atoms with Gasteiger partial charge in [-0.3, -0.25) is 4.90 Å². The highest BCUT2D eigenvalue weighted by molar-refractivity contribution is 4.84. The summed E-state index contributed by atoms with van der Waals surface area (Å²) in [5.74, 6) is 0.973. The highest BCUT2D eigenvalue weighted by atomic mass is 15.2. The van der Waals surface area contributed by atoms with Crippen LogP contribution in [0.1, 0.15) is 33.1 Å². The van der Waals surface area contributed by atoms with Crippen LogP contribution in [0.5, 0.6) is 0 Å². The number of likely N-dealkylation sites (N-methyl/N-ethyl adjacent to an activating group) is 2. The second-order valence-corrected chi connectivity index (χ2v) is 5.02. The maximum atomic E-state index is 3.26. The Hall–Kier alpha value is -0.0800. The lowest BCUT2D eigenvalue weighted by Crippen LogP contribution is -2.50. The molecule has 1 N–H and O–H groups in total. The lowest BCUT2D eigenvalue weighted by Gasteiger charge is -2.40. The second kappa shape index (κ2) is 4.43. The molecule has 13 heavy (non-hydrogen) atoms. The summed E-state index contributed by atoms with van der Waals surface area (Å²) in [6, 6.07) is 0. The van der Waals surface area contributed by atoms with Gasteiger partial charge in [0.25, 0.3) is 0 Å². The van der Waals surface area contributed by atoms with Crippen molar-refractivity contribution in [2.45, 2.75) is 38.6 Å². The van der Waals surface area contributed by atoms with Crippen LogP contribution in [0.4, 0.5) is 0 Å². The Labute approximate surface area is 82.7 Å². The Morgan fingerprint density at radius 1 is 1.38 bits per heavy atom. The maximum absolute atomic E-state index is 3.26. The van der Waals surface area contributed by atoms with Crippen LogP contribution in [-0.2, 0) is 0 Å². The van der Waals surface area contributed by atoms with Crippen LogP contribution in [-0.4, -0.2) is 37.6 Å². The van der Waals surface area contributed by atoms with Crippen molar-refractivity contribution in [3.63, 3.8) is 0 Å². The predicted molar refractivity (Wildman–Crippen MR) is 58.0 cm³/mol. The van der Waals surface area contributed by atoms with Gasteiger partial charge in [0.1, 0.15) is 0 Å². The normalized spacial score (nSPS) is 19.2. The molecule has 1 aliphatic carbocycles. The number of nitrogens with zero attached hydrogens (tertiary/aromatic N) is 1. The molecule has 0 heterocycles. The van der Waals surface area contributed by atoms with Gasteiger partial charge < -0.3 is 5.32 Å². The highest BCUT2D eigenvalue weighted by Crippen LogP contribution is 2.28. The lowest BCUT2D eigenvalue weighted by molar-refractivity contribution is 0.106. The number of hydrogen-bond donors (Lipinski definition) is 1. The lowest BCUT2D eigenvalue weighted by atomic mass is 9.84. The first kappa shape index (κ1) is 11.0. The van der Waals surface area contributed by atoms with Crippen LogP contribution in [0.25, 0.3) is 0 Å². The smallest absolute Gasteiger partial charge is 0.0274 e. The minimum atomic E-state index is 0.296. The molecule has 1 saturated carbocycles. The van der Waals surface area contributed by atoms with Gasteiger partial charge in [-0.1, -0.05) is 6.42 Å². The van der Waals surface area contributed by atoms with Crippen LogP contribution in [0.15, 0.2) is 0 Å². The molecule has 0 saturated heterocycles. The largest absolute Gasteiger partial charge is 0.318 e. The molecule has 2 heteroatoms. The molecule has 1 aliphatic rings. The van der Waals surface area contributed by atoms with Gasteiger partial charge in [-0.25, -0.2) is 0 Å². The maximum Gasteiger partial charge on any atom is 0.0274 e. The fraction of sp³-hybridized carbons (Fsp3) is 1.00. The van der Waals surface area contributed by atoms with Gasteiger partial charge in [0, 0.05) is 18.6 Å². The molecule has 0 unspecified atom stereocenters. The van der Waals surface area contributed by atoms with E-state index in [1.165, 1.54) is 25.8 Å². The Morgan fingerprint density at radius 2 is 2.00 bits per heavy atom. The minimum absolute atomic E-state index is 0.296. The van der Waals surface area contributed by atoms with E-state index in [0.717, 1.165) is 12.5 Å². The molecule has 0 spiro atoms. The van der Waals surface area contributed by atoms with Gasteiger partial charge in [-0.15, -0.1) is 0 Å². The standard InChI is InChI=1S/C11H24N2/c1-11(2,9-12-3)13(4)8-10-6-5-7-10/h10,12H,5-9H2,1-4H3. The summed E-state index contributed by atoms with van der Waals surface area (Å²) in [7, 11) is 4.27. The monoisotopic (exact) mass is 184 g/mol.